The highest BCUT2D eigenvalue weighted by molar-refractivity contribution is 5.91. The number of benzene rings is 3. The number of amides is 1. The Bertz CT molecular complexity index is 926. The first-order valence-corrected chi connectivity index (χ1v) is 8.96. The van der Waals surface area contributed by atoms with Gasteiger partial charge in [-0.05, 0) is 42.8 Å². The van der Waals surface area contributed by atoms with Crippen LogP contribution in [-0.4, -0.2) is 18.5 Å². The fourth-order valence-corrected chi connectivity index (χ4v) is 2.63. The van der Waals surface area contributed by atoms with Gasteiger partial charge < -0.3 is 14.8 Å². The maximum atomic E-state index is 12.3. The lowest BCUT2D eigenvalue weighted by atomic mass is 10.1. The molecule has 0 heterocycles. The van der Waals surface area contributed by atoms with E-state index in [1.54, 1.807) is 24.3 Å². The molecule has 28 heavy (non-hydrogen) atoms. The maximum absolute atomic E-state index is 12.3. The standard InChI is InChI=1S/C23H21NO4/c1-17(18-9-4-2-5-10-18)24-22(25)16-27-23(26)19-11-8-14-21(15-19)28-20-12-6-3-7-13-20/h2-15,17H,16H2,1H3,(H,24,25)/t17-/m1/s1. The molecule has 0 aliphatic heterocycles. The third-order valence-corrected chi connectivity index (χ3v) is 4.06. The lowest BCUT2D eigenvalue weighted by Crippen LogP contribution is -2.31. The Morgan fingerprint density at radius 1 is 0.857 bits per heavy atom. The first-order valence-electron chi connectivity index (χ1n) is 8.96. The van der Waals surface area contributed by atoms with Gasteiger partial charge >= 0.3 is 5.97 Å². The van der Waals surface area contributed by atoms with E-state index in [4.69, 9.17) is 9.47 Å². The molecule has 0 radical (unpaired) electrons. The van der Waals surface area contributed by atoms with Crippen molar-refractivity contribution in [2.45, 2.75) is 13.0 Å². The third-order valence-electron chi connectivity index (χ3n) is 4.06. The van der Waals surface area contributed by atoms with Crippen LogP contribution in [0.1, 0.15) is 28.9 Å². The van der Waals surface area contributed by atoms with E-state index in [2.05, 4.69) is 5.32 Å². The summed E-state index contributed by atoms with van der Waals surface area (Å²) >= 11 is 0. The molecule has 0 unspecified atom stereocenters. The molecule has 0 saturated heterocycles. The van der Waals surface area contributed by atoms with E-state index in [0.717, 1.165) is 5.56 Å². The topological polar surface area (TPSA) is 64.6 Å². The Kier molecular flexibility index (Phi) is 6.41. The van der Waals surface area contributed by atoms with Crippen molar-refractivity contribution in [3.05, 3.63) is 96.1 Å². The average Bonchev–Trinajstić information content (AvgIpc) is 2.73. The second-order valence-electron chi connectivity index (χ2n) is 6.22. The molecule has 0 fully saturated rings. The molecule has 3 rings (SSSR count). The van der Waals surface area contributed by atoms with Crippen LogP contribution >= 0.6 is 0 Å². The fraction of sp³-hybridized carbons (Fsp3) is 0.130. The highest BCUT2D eigenvalue weighted by Crippen LogP contribution is 2.22. The second-order valence-corrected chi connectivity index (χ2v) is 6.22. The van der Waals surface area contributed by atoms with Crippen LogP contribution in [0.25, 0.3) is 0 Å². The van der Waals surface area contributed by atoms with Crippen molar-refractivity contribution in [1.82, 2.24) is 5.32 Å². The van der Waals surface area contributed by atoms with Gasteiger partial charge in [-0.1, -0.05) is 54.6 Å². The molecular weight excluding hydrogens is 354 g/mol. The molecule has 142 valence electrons. The molecule has 0 aliphatic carbocycles. The Labute approximate surface area is 163 Å². The molecule has 1 atom stereocenters. The summed E-state index contributed by atoms with van der Waals surface area (Å²) in [5.41, 5.74) is 1.30. The van der Waals surface area contributed by atoms with E-state index in [0.29, 0.717) is 17.1 Å². The highest BCUT2D eigenvalue weighted by atomic mass is 16.5. The summed E-state index contributed by atoms with van der Waals surface area (Å²) in [6.45, 7) is 1.53. The predicted molar refractivity (Wildman–Crippen MR) is 106 cm³/mol. The van der Waals surface area contributed by atoms with Crippen molar-refractivity contribution in [3.8, 4) is 11.5 Å². The van der Waals surface area contributed by atoms with Crippen molar-refractivity contribution in [1.29, 1.82) is 0 Å². The first-order chi connectivity index (χ1) is 13.6. The van der Waals surface area contributed by atoms with Crippen LogP contribution in [0, 0.1) is 0 Å². The zero-order valence-electron chi connectivity index (χ0n) is 15.5. The molecule has 1 amide bonds. The van der Waals surface area contributed by atoms with Crippen LogP contribution in [0.2, 0.25) is 0 Å². The minimum absolute atomic E-state index is 0.171. The van der Waals surface area contributed by atoms with Gasteiger partial charge in [0.05, 0.1) is 11.6 Å². The summed E-state index contributed by atoms with van der Waals surface area (Å²) in [6, 6.07) is 25.3. The second kappa shape index (κ2) is 9.37. The molecule has 0 aliphatic rings. The van der Waals surface area contributed by atoms with Crippen molar-refractivity contribution in [2.24, 2.45) is 0 Å². The number of esters is 1. The van der Waals surface area contributed by atoms with Crippen LogP contribution in [0.5, 0.6) is 11.5 Å². The summed E-state index contributed by atoms with van der Waals surface area (Å²) < 4.78 is 10.8. The Balaban J connectivity index is 1.53. The van der Waals surface area contributed by atoms with Gasteiger partial charge in [0.1, 0.15) is 11.5 Å². The van der Waals surface area contributed by atoms with Gasteiger partial charge in [0.25, 0.3) is 5.91 Å². The van der Waals surface area contributed by atoms with Crippen molar-refractivity contribution < 1.29 is 19.1 Å². The van der Waals surface area contributed by atoms with Gasteiger partial charge in [0, 0.05) is 0 Å². The normalized spacial score (nSPS) is 11.3. The van der Waals surface area contributed by atoms with E-state index < -0.39 is 5.97 Å². The Hall–Kier alpha value is -3.60. The number of rotatable bonds is 7. The lowest BCUT2D eigenvalue weighted by molar-refractivity contribution is -0.124. The van der Waals surface area contributed by atoms with Gasteiger partial charge in [-0.25, -0.2) is 4.79 Å². The molecule has 0 aromatic heterocycles. The fourth-order valence-electron chi connectivity index (χ4n) is 2.63. The van der Waals surface area contributed by atoms with E-state index in [1.165, 1.54) is 0 Å². The largest absolute Gasteiger partial charge is 0.457 e. The van der Waals surface area contributed by atoms with Crippen molar-refractivity contribution in [2.75, 3.05) is 6.61 Å². The van der Waals surface area contributed by atoms with Crippen LogP contribution in [0.4, 0.5) is 0 Å². The molecule has 5 heteroatoms. The molecule has 3 aromatic rings. The third kappa shape index (κ3) is 5.45. The number of hydrogen-bond acceptors (Lipinski definition) is 4. The smallest absolute Gasteiger partial charge is 0.338 e. The molecular formula is C23H21NO4. The zero-order chi connectivity index (χ0) is 19.8. The van der Waals surface area contributed by atoms with Crippen molar-refractivity contribution in [3.63, 3.8) is 0 Å². The predicted octanol–water partition coefficient (Wildman–Crippen LogP) is 4.51. The van der Waals surface area contributed by atoms with Crippen LogP contribution in [0.3, 0.4) is 0 Å². The summed E-state index contributed by atoms with van der Waals surface area (Å²) in [5.74, 6) is 0.243. The van der Waals surface area contributed by atoms with E-state index in [-0.39, 0.29) is 18.6 Å². The van der Waals surface area contributed by atoms with E-state index in [9.17, 15) is 9.59 Å². The quantitative estimate of drug-likeness (QED) is 0.617. The number of ether oxygens (including phenoxy) is 2. The van der Waals surface area contributed by atoms with Crippen LogP contribution < -0.4 is 10.1 Å². The number of carbonyl (C=O) groups is 2. The van der Waals surface area contributed by atoms with Gasteiger partial charge in [0.15, 0.2) is 6.61 Å². The minimum atomic E-state index is -0.582. The Morgan fingerprint density at radius 2 is 1.50 bits per heavy atom. The van der Waals surface area contributed by atoms with Crippen LogP contribution in [0.15, 0.2) is 84.9 Å². The van der Waals surface area contributed by atoms with Gasteiger partial charge in [-0.2, -0.15) is 0 Å². The molecule has 1 N–H and O–H groups in total. The summed E-state index contributed by atoms with van der Waals surface area (Å²) in [7, 11) is 0. The minimum Gasteiger partial charge on any atom is -0.457 e. The van der Waals surface area contributed by atoms with Gasteiger partial charge in [0.2, 0.25) is 0 Å². The lowest BCUT2D eigenvalue weighted by Gasteiger charge is -2.14. The molecule has 0 spiro atoms. The Morgan fingerprint density at radius 3 is 2.21 bits per heavy atom. The summed E-state index contributed by atoms with van der Waals surface area (Å²) in [4.78, 5) is 24.3. The first kappa shape index (κ1) is 19.2. The van der Waals surface area contributed by atoms with E-state index >= 15 is 0 Å². The van der Waals surface area contributed by atoms with Crippen molar-refractivity contribution >= 4 is 11.9 Å². The number of para-hydroxylation sites is 1. The monoisotopic (exact) mass is 375 g/mol. The zero-order valence-corrected chi connectivity index (χ0v) is 15.5. The van der Waals surface area contributed by atoms with Crippen LogP contribution in [-0.2, 0) is 9.53 Å². The molecule has 3 aromatic carbocycles. The number of carbonyl (C=O) groups excluding carboxylic acids is 2. The molecule has 0 bridgehead atoms. The van der Waals surface area contributed by atoms with E-state index in [1.807, 2.05) is 67.6 Å². The van der Waals surface area contributed by atoms with Gasteiger partial charge in [-0.15, -0.1) is 0 Å². The van der Waals surface area contributed by atoms with Gasteiger partial charge in [-0.3, -0.25) is 4.79 Å². The molecule has 5 nitrogen and oxygen atoms in total. The highest BCUT2D eigenvalue weighted by Gasteiger charge is 2.13. The average molecular weight is 375 g/mol. The maximum Gasteiger partial charge on any atom is 0.338 e. The summed E-state index contributed by atoms with van der Waals surface area (Å²) in [5, 5.41) is 2.81. The molecule has 0 saturated carbocycles. The summed E-state index contributed by atoms with van der Waals surface area (Å²) in [6.07, 6.45) is 0. The SMILES string of the molecule is C[C@@H](NC(=O)COC(=O)c1cccc(Oc2ccccc2)c1)c1ccccc1. The number of hydrogen-bond donors (Lipinski definition) is 1. The number of nitrogens with one attached hydrogen (secondary N) is 1.